The van der Waals surface area contributed by atoms with E-state index in [-0.39, 0.29) is 16.8 Å². The zero-order valence-electron chi connectivity index (χ0n) is 16.0. The van der Waals surface area contributed by atoms with E-state index in [1.165, 1.54) is 0 Å². The van der Waals surface area contributed by atoms with Gasteiger partial charge in [-0.3, -0.25) is 4.79 Å². The molecule has 0 spiro atoms. The number of esters is 1. The summed E-state index contributed by atoms with van der Waals surface area (Å²) < 4.78 is 10.8. The van der Waals surface area contributed by atoms with E-state index in [9.17, 15) is 9.59 Å². The number of carbonyl (C=O) groups is 1. The van der Waals surface area contributed by atoms with E-state index in [4.69, 9.17) is 9.15 Å². The molecule has 5 heteroatoms. The van der Waals surface area contributed by atoms with Gasteiger partial charge in [-0.05, 0) is 39.2 Å². The van der Waals surface area contributed by atoms with Crippen molar-refractivity contribution in [2.24, 2.45) is 5.41 Å². The van der Waals surface area contributed by atoms with Crippen molar-refractivity contribution in [3.05, 3.63) is 40.8 Å². The van der Waals surface area contributed by atoms with E-state index < -0.39 is 5.41 Å². The summed E-state index contributed by atoms with van der Waals surface area (Å²) >= 11 is 1.67. The molecule has 0 amide bonds. The molecular formula is C21H28O4S. The topological polar surface area (TPSA) is 56.5 Å². The van der Waals surface area contributed by atoms with Gasteiger partial charge in [0.05, 0.1) is 12.0 Å². The molecule has 26 heavy (non-hydrogen) atoms. The Labute approximate surface area is 159 Å². The summed E-state index contributed by atoms with van der Waals surface area (Å²) in [5.41, 5.74) is -0.173. The minimum Gasteiger partial charge on any atom is -0.465 e. The van der Waals surface area contributed by atoms with E-state index in [2.05, 4.69) is 6.92 Å². The highest BCUT2D eigenvalue weighted by molar-refractivity contribution is 8.00. The number of carbonyl (C=O) groups excluding carboxylic acids is 1. The van der Waals surface area contributed by atoms with Crippen LogP contribution < -0.4 is 5.63 Å². The van der Waals surface area contributed by atoms with Crippen LogP contribution in [0.5, 0.6) is 0 Å². The highest BCUT2D eigenvalue weighted by Gasteiger charge is 2.27. The molecule has 0 bridgehead atoms. The van der Waals surface area contributed by atoms with Gasteiger partial charge in [-0.15, -0.1) is 11.8 Å². The molecule has 0 radical (unpaired) electrons. The summed E-state index contributed by atoms with van der Waals surface area (Å²) in [6.07, 6.45) is 3.54. The monoisotopic (exact) mass is 376 g/mol. The third kappa shape index (κ3) is 5.37. The molecule has 0 aliphatic rings. The van der Waals surface area contributed by atoms with Crippen LogP contribution in [0.25, 0.3) is 11.0 Å². The maximum atomic E-state index is 12.1. The van der Waals surface area contributed by atoms with Gasteiger partial charge in [-0.2, -0.15) is 0 Å². The summed E-state index contributed by atoms with van der Waals surface area (Å²) in [6.45, 7) is 8.34. The van der Waals surface area contributed by atoms with Crippen LogP contribution in [0.1, 0.15) is 53.4 Å². The molecule has 1 atom stereocenters. The zero-order chi connectivity index (χ0) is 19.2. The normalized spacial score (nSPS) is 12.9. The van der Waals surface area contributed by atoms with Gasteiger partial charge in [0.25, 0.3) is 0 Å². The van der Waals surface area contributed by atoms with Crippen LogP contribution in [0.3, 0.4) is 0 Å². The van der Waals surface area contributed by atoms with Crippen molar-refractivity contribution in [1.29, 1.82) is 0 Å². The second-order valence-corrected chi connectivity index (χ2v) is 8.46. The Kier molecular flexibility index (Phi) is 7.33. The van der Waals surface area contributed by atoms with E-state index in [1.54, 1.807) is 17.8 Å². The number of ether oxygens (including phenoxy) is 1. The lowest BCUT2D eigenvalue weighted by Crippen LogP contribution is -2.26. The molecule has 0 fully saturated rings. The largest absolute Gasteiger partial charge is 0.465 e. The standard InChI is InChI=1S/C21H28O4S/c1-5-9-15(12-13-24-20(23)21(3,4)6-2)26-18-14-19(22)25-17-11-8-7-10-16(17)18/h7-8,10-11,14-15H,5-6,9,12-13H2,1-4H3. The minimum atomic E-state index is -0.442. The first-order chi connectivity index (χ1) is 12.4. The summed E-state index contributed by atoms with van der Waals surface area (Å²) in [5, 5.41) is 1.23. The van der Waals surface area contributed by atoms with Crippen LogP contribution in [0.4, 0.5) is 0 Å². The average molecular weight is 377 g/mol. The Morgan fingerprint density at radius 1 is 1.23 bits per heavy atom. The fraction of sp³-hybridized carbons (Fsp3) is 0.524. The maximum Gasteiger partial charge on any atom is 0.337 e. The molecule has 0 aliphatic heterocycles. The highest BCUT2D eigenvalue weighted by Crippen LogP contribution is 2.33. The van der Waals surface area contributed by atoms with Gasteiger partial charge in [-0.25, -0.2) is 4.79 Å². The molecule has 2 aromatic rings. The van der Waals surface area contributed by atoms with Gasteiger partial charge in [0.15, 0.2) is 0 Å². The van der Waals surface area contributed by atoms with Crippen LogP contribution in [-0.2, 0) is 9.53 Å². The Balaban J connectivity index is 2.07. The van der Waals surface area contributed by atoms with Crippen LogP contribution in [0.2, 0.25) is 0 Å². The van der Waals surface area contributed by atoms with Crippen molar-refractivity contribution in [2.45, 2.75) is 63.5 Å². The quantitative estimate of drug-likeness (QED) is 0.332. The fourth-order valence-corrected chi connectivity index (χ4v) is 3.95. The highest BCUT2D eigenvalue weighted by atomic mass is 32.2. The number of hydrogen-bond acceptors (Lipinski definition) is 5. The fourth-order valence-electron chi connectivity index (χ4n) is 2.57. The smallest absolute Gasteiger partial charge is 0.337 e. The van der Waals surface area contributed by atoms with Crippen molar-refractivity contribution in [1.82, 2.24) is 0 Å². The molecule has 142 valence electrons. The summed E-state index contributed by atoms with van der Waals surface area (Å²) in [4.78, 5) is 24.9. The van der Waals surface area contributed by atoms with E-state index in [1.807, 2.05) is 45.0 Å². The Morgan fingerprint density at radius 2 is 1.96 bits per heavy atom. The van der Waals surface area contributed by atoms with Crippen molar-refractivity contribution < 1.29 is 13.9 Å². The number of fused-ring (bicyclic) bond motifs is 1. The van der Waals surface area contributed by atoms with E-state index >= 15 is 0 Å². The molecular weight excluding hydrogens is 348 g/mol. The maximum absolute atomic E-state index is 12.1. The van der Waals surface area contributed by atoms with Gasteiger partial charge in [0, 0.05) is 21.6 Å². The molecule has 1 aromatic heterocycles. The van der Waals surface area contributed by atoms with Crippen LogP contribution in [-0.4, -0.2) is 17.8 Å². The van der Waals surface area contributed by atoms with E-state index in [0.717, 1.165) is 36.0 Å². The lowest BCUT2D eigenvalue weighted by molar-refractivity contribution is -0.154. The summed E-state index contributed by atoms with van der Waals surface area (Å²) in [5.74, 6) is -0.147. The van der Waals surface area contributed by atoms with Crippen LogP contribution >= 0.6 is 11.8 Å². The number of benzene rings is 1. The molecule has 0 aliphatic carbocycles. The third-order valence-corrected chi connectivity index (χ3v) is 6.02. The molecule has 0 saturated carbocycles. The van der Waals surface area contributed by atoms with Gasteiger partial charge >= 0.3 is 11.6 Å². The molecule has 1 unspecified atom stereocenters. The first kappa shape index (κ1) is 20.6. The number of hydrogen-bond donors (Lipinski definition) is 0. The second kappa shape index (κ2) is 9.26. The average Bonchev–Trinajstić information content (AvgIpc) is 2.61. The lowest BCUT2D eigenvalue weighted by Gasteiger charge is -2.22. The minimum absolute atomic E-state index is 0.147. The molecule has 1 aromatic carbocycles. The SMILES string of the molecule is CCCC(CCOC(=O)C(C)(C)CC)Sc1cc(=O)oc2ccccc12. The van der Waals surface area contributed by atoms with Crippen molar-refractivity contribution in [3.8, 4) is 0 Å². The first-order valence-corrected chi connectivity index (χ1v) is 10.1. The lowest BCUT2D eigenvalue weighted by atomic mass is 9.91. The van der Waals surface area contributed by atoms with Gasteiger partial charge < -0.3 is 9.15 Å². The van der Waals surface area contributed by atoms with E-state index in [0.29, 0.717) is 12.2 Å². The molecule has 4 nitrogen and oxygen atoms in total. The van der Waals surface area contributed by atoms with Gasteiger partial charge in [0.2, 0.25) is 0 Å². The number of rotatable bonds is 9. The van der Waals surface area contributed by atoms with Crippen molar-refractivity contribution in [2.75, 3.05) is 6.61 Å². The van der Waals surface area contributed by atoms with Crippen molar-refractivity contribution in [3.63, 3.8) is 0 Å². The summed E-state index contributed by atoms with van der Waals surface area (Å²) in [7, 11) is 0. The molecule has 0 saturated heterocycles. The second-order valence-electron chi connectivity index (χ2n) is 7.12. The summed E-state index contributed by atoms with van der Waals surface area (Å²) in [6, 6.07) is 9.13. The Morgan fingerprint density at radius 3 is 2.65 bits per heavy atom. The van der Waals surface area contributed by atoms with Gasteiger partial charge in [0.1, 0.15) is 5.58 Å². The third-order valence-electron chi connectivity index (χ3n) is 4.63. The van der Waals surface area contributed by atoms with Gasteiger partial charge in [-0.1, -0.05) is 38.5 Å². The van der Waals surface area contributed by atoms with Crippen LogP contribution in [0.15, 0.2) is 44.4 Å². The molecule has 2 rings (SSSR count). The molecule has 0 N–H and O–H groups in total. The Bertz CT molecular complexity index is 794. The first-order valence-electron chi connectivity index (χ1n) is 9.24. The predicted octanol–water partition coefficient (Wildman–Crippen LogP) is 5.42. The van der Waals surface area contributed by atoms with Crippen LogP contribution in [0, 0.1) is 5.41 Å². The number of para-hydroxylation sites is 1. The predicted molar refractivity (Wildman–Crippen MR) is 107 cm³/mol. The zero-order valence-corrected chi connectivity index (χ0v) is 16.9. The Hall–Kier alpha value is -1.75. The molecule has 1 heterocycles. The van der Waals surface area contributed by atoms with Crippen molar-refractivity contribution >= 4 is 28.7 Å². The number of thioether (sulfide) groups is 1.